The lowest BCUT2D eigenvalue weighted by Crippen LogP contribution is -2.52. The van der Waals surface area contributed by atoms with E-state index in [1.165, 1.54) is 18.5 Å². The molecular formula is C16H31N5. The first-order valence-corrected chi connectivity index (χ1v) is 8.34. The molecule has 1 fully saturated rings. The molecule has 5 nitrogen and oxygen atoms in total. The molecular weight excluding hydrogens is 262 g/mol. The summed E-state index contributed by atoms with van der Waals surface area (Å²) in [7, 11) is 0. The van der Waals surface area contributed by atoms with Gasteiger partial charge < -0.3 is 5.73 Å². The van der Waals surface area contributed by atoms with Crippen molar-refractivity contribution in [3.8, 4) is 0 Å². The maximum absolute atomic E-state index is 5.91. The van der Waals surface area contributed by atoms with E-state index in [-0.39, 0.29) is 0 Å². The Morgan fingerprint density at radius 1 is 1.24 bits per heavy atom. The van der Waals surface area contributed by atoms with Crippen molar-refractivity contribution in [2.24, 2.45) is 5.73 Å². The van der Waals surface area contributed by atoms with Crippen molar-refractivity contribution in [1.82, 2.24) is 19.6 Å². The van der Waals surface area contributed by atoms with Crippen LogP contribution in [0.2, 0.25) is 0 Å². The van der Waals surface area contributed by atoms with Gasteiger partial charge in [0.05, 0.1) is 5.69 Å². The van der Waals surface area contributed by atoms with Gasteiger partial charge in [0.25, 0.3) is 0 Å². The fourth-order valence-corrected chi connectivity index (χ4v) is 3.05. The van der Waals surface area contributed by atoms with Crippen LogP contribution < -0.4 is 5.73 Å². The highest BCUT2D eigenvalue weighted by Gasteiger charge is 2.22. The number of hydrogen-bond donors (Lipinski definition) is 1. The molecule has 2 rings (SSSR count). The predicted molar refractivity (Wildman–Crippen MR) is 87.2 cm³/mol. The maximum Gasteiger partial charge on any atom is 0.0764 e. The first-order chi connectivity index (χ1) is 10.1. The molecule has 1 aromatic heterocycles. The molecule has 2 N–H and O–H groups in total. The van der Waals surface area contributed by atoms with Gasteiger partial charge in [-0.2, -0.15) is 5.10 Å². The molecule has 0 saturated carbocycles. The Kier molecular flexibility index (Phi) is 6.21. The molecule has 120 valence electrons. The summed E-state index contributed by atoms with van der Waals surface area (Å²) in [4.78, 5) is 5.07. The number of aromatic nitrogens is 2. The second kappa shape index (κ2) is 7.92. The van der Waals surface area contributed by atoms with Crippen molar-refractivity contribution in [2.75, 3.05) is 32.7 Å². The summed E-state index contributed by atoms with van der Waals surface area (Å²) >= 11 is 0. The lowest BCUT2D eigenvalue weighted by molar-refractivity contribution is 0.0896. The summed E-state index contributed by atoms with van der Waals surface area (Å²) in [5.74, 6) is 0. The number of nitrogens with zero attached hydrogens (tertiary/aromatic N) is 4. The summed E-state index contributed by atoms with van der Waals surface area (Å²) < 4.78 is 2.04. The number of hydrogen-bond acceptors (Lipinski definition) is 4. The fraction of sp³-hybridized carbons (Fsp3) is 0.812. The first kappa shape index (κ1) is 16.5. The quantitative estimate of drug-likeness (QED) is 0.831. The third-order valence-corrected chi connectivity index (χ3v) is 4.40. The van der Waals surface area contributed by atoms with Gasteiger partial charge in [0.15, 0.2) is 0 Å². The van der Waals surface area contributed by atoms with Crippen molar-refractivity contribution >= 4 is 0 Å². The van der Waals surface area contributed by atoms with Crippen LogP contribution in [0.25, 0.3) is 0 Å². The summed E-state index contributed by atoms with van der Waals surface area (Å²) in [5.41, 5.74) is 7.09. The van der Waals surface area contributed by atoms with E-state index in [0.29, 0.717) is 12.1 Å². The Bertz CT molecular complexity index is 407. The zero-order valence-electron chi connectivity index (χ0n) is 13.8. The van der Waals surface area contributed by atoms with Crippen molar-refractivity contribution in [3.63, 3.8) is 0 Å². The third kappa shape index (κ3) is 4.53. The average Bonchev–Trinajstić information content (AvgIpc) is 2.94. The van der Waals surface area contributed by atoms with E-state index in [4.69, 9.17) is 5.73 Å². The molecule has 2 heterocycles. The second-order valence-electron chi connectivity index (χ2n) is 6.37. The van der Waals surface area contributed by atoms with Gasteiger partial charge in [-0.15, -0.1) is 0 Å². The summed E-state index contributed by atoms with van der Waals surface area (Å²) in [6, 6.07) is 3.15. The van der Waals surface area contributed by atoms with E-state index in [2.05, 4.69) is 47.9 Å². The predicted octanol–water partition coefficient (Wildman–Crippen LogP) is 1.71. The molecule has 0 bridgehead atoms. The van der Waals surface area contributed by atoms with E-state index in [1.54, 1.807) is 0 Å². The van der Waals surface area contributed by atoms with Gasteiger partial charge in [-0.25, -0.2) is 0 Å². The van der Waals surface area contributed by atoms with E-state index >= 15 is 0 Å². The Balaban J connectivity index is 1.80. The minimum atomic E-state index is 0.440. The molecule has 1 aromatic rings. The fourth-order valence-electron chi connectivity index (χ4n) is 3.05. The van der Waals surface area contributed by atoms with Crippen LogP contribution in [0.15, 0.2) is 12.3 Å². The van der Waals surface area contributed by atoms with Gasteiger partial charge in [0.2, 0.25) is 0 Å². The molecule has 1 atom stereocenters. The second-order valence-corrected chi connectivity index (χ2v) is 6.37. The van der Waals surface area contributed by atoms with E-state index < -0.39 is 0 Å². The lowest BCUT2D eigenvalue weighted by Gasteiger charge is -2.38. The Morgan fingerprint density at radius 3 is 2.48 bits per heavy atom. The third-order valence-electron chi connectivity index (χ3n) is 4.40. The van der Waals surface area contributed by atoms with Crippen molar-refractivity contribution in [1.29, 1.82) is 0 Å². The minimum absolute atomic E-state index is 0.440. The molecule has 0 radical (unpaired) electrons. The minimum Gasteiger partial charge on any atom is -0.329 e. The monoisotopic (exact) mass is 293 g/mol. The van der Waals surface area contributed by atoms with Gasteiger partial charge in [-0.1, -0.05) is 13.3 Å². The summed E-state index contributed by atoms with van der Waals surface area (Å²) in [6.07, 6.45) is 4.52. The van der Waals surface area contributed by atoms with Gasteiger partial charge in [-0.3, -0.25) is 14.5 Å². The molecule has 21 heavy (non-hydrogen) atoms. The standard InChI is InChI=1S/C16H31N5/c1-4-5-16(12-17)20-10-8-19(9-11-20)13-15-6-7-21(18-15)14(2)3/h6-7,14,16H,4-5,8-13,17H2,1-3H3. The largest absolute Gasteiger partial charge is 0.329 e. The number of piperazine rings is 1. The highest BCUT2D eigenvalue weighted by Crippen LogP contribution is 2.13. The van der Waals surface area contributed by atoms with Crippen LogP contribution in [-0.2, 0) is 6.54 Å². The van der Waals surface area contributed by atoms with Crippen LogP contribution in [0.3, 0.4) is 0 Å². The maximum atomic E-state index is 5.91. The van der Waals surface area contributed by atoms with E-state index in [9.17, 15) is 0 Å². The van der Waals surface area contributed by atoms with E-state index in [0.717, 1.165) is 39.3 Å². The molecule has 1 aliphatic rings. The van der Waals surface area contributed by atoms with Crippen molar-refractivity contribution in [2.45, 2.75) is 52.2 Å². The van der Waals surface area contributed by atoms with Crippen molar-refractivity contribution < 1.29 is 0 Å². The van der Waals surface area contributed by atoms with E-state index in [1.807, 2.05) is 4.68 Å². The molecule has 5 heteroatoms. The Labute approximate surface area is 129 Å². The van der Waals surface area contributed by atoms with Crippen LogP contribution >= 0.6 is 0 Å². The number of rotatable bonds is 7. The van der Waals surface area contributed by atoms with Gasteiger partial charge >= 0.3 is 0 Å². The average molecular weight is 293 g/mol. The van der Waals surface area contributed by atoms with Gasteiger partial charge in [-0.05, 0) is 26.3 Å². The lowest BCUT2D eigenvalue weighted by atomic mass is 10.1. The molecule has 0 spiro atoms. The van der Waals surface area contributed by atoms with Crippen LogP contribution in [-0.4, -0.2) is 58.3 Å². The summed E-state index contributed by atoms with van der Waals surface area (Å²) in [5, 5.41) is 4.64. The molecule has 0 amide bonds. The topological polar surface area (TPSA) is 50.3 Å². The number of nitrogens with two attached hydrogens (primary N) is 1. The Morgan fingerprint density at radius 2 is 1.95 bits per heavy atom. The molecule has 1 unspecified atom stereocenters. The molecule has 0 aromatic carbocycles. The Hall–Kier alpha value is -0.910. The van der Waals surface area contributed by atoms with Crippen LogP contribution in [0.5, 0.6) is 0 Å². The first-order valence-electron chi connectivity index (χ1n) is 8.34. The zero-order valence-corrected chi connectivity index (χ0v) is 13.8. The SMILES string of the molecule is CCCC(CN)N1CCN(Cc2ccn(C(C)C)n2)CC1. The molecule has 1 aliphatic heterocycles. The smallest absolute Gasteiger partial charge is 0.0764 e. The van der Waals surface area contributed by atoms with Crippen LogP contribution in [0.4, 0.5) is 0 Å². The van der Waals surface area contributed by atoms with Gasteiger partial charge in [0.1, 0.15) is 0 Å². The van der Waals surface area contributed by atoms with Crippen LogP contribution in [0.1, 0.15) is 45.3 Å². The molecule has 1 saturated heterocycles. The highest BCUT2D eigenvalue weighted by atomic mass is 15.3. The summed E-state index contributed by atoms with van der Waals surface area (Å²) in [6.45, 7) is 12.8. The van der Waals surface area contributed by atoms with Crippen LogP contribution in [0, 0.1) is 0 Å². The molecule has 0 aliphatic carbocycles. The zero-order chi connectivity index (χ0) is 15.2. The highest BCUT2D eigenvalue weighted by molar-refractivity contribution is 5.00. The van der Waals surface area contributed by atoms with Crippen molar-refractivity contribution in [3.05, 3.63) is 18.0 Å². The van der Waals surface area contributed by atoms with Gasteiger partial charge in [0, 0.05) is 57.5 Å². The normalized spacial score (nSPS) is 19.3.